The topological polar surface area (TPSA) is 35.5 Å². The number of unbranched alkanes of at least 4 members (excludes halogenated alkanes) is 2. The molecule has 2 saturated carbocycles. The Balaban J connectivity index is 1.19. The van der Waals surface area contributed by atoms with Crippen LogP contribution in [0.25, 0.3) is 0 Å². The predicted octanol–water partition coefficient (Wildman–Crippen LogP) is 10.8. The number of hydrogen-bond donors (Lipinski definition) is 0. The van der Waals surface area contributed by atoms with Crippen molar-refractivity contribution < 1.29 is 14.3 Å². The Morgan fingerprint density at radius 1 is 0.732 bits per heavy atom. The van der Waals surface area contributed by atoms with Crippen molar-refractivity contribution in [2.75, 3.05) is 0 Å². The standard InChI is InChI=1S/C38H48O3/c1-3-4-6-9-29-14-18-31(19-15-29)32-20-22-34(23-21-32)37(39)41-38(35-10-7-5-8-11-35)40-36-26-24-33(25-27-36)30-16-12-28(2)13-17-30/h5,7-8,10-11,20-31,38H,3-4,6,9,12-19H2,1-2H3. The van der Waals surface area contributed by atoms with Gasteiger partial charge in [-0.2, -0.15) is 0 Å². The van der Waals surface area contributed by atoms with Crippen LogP contribution in [0.3, 0.4) is 0 Å². The van der Waals surface area contributed by atoms with Crippen molar-refractivity contribution in [1.29, 1.82) is 0 Å². The molecule has 0 aliphatic heterocycles. The molecule has 3 heteroatoms. The van der Waals surface area contributed by atoms with Crippen LogP contribution in [0.4, 0.5) is 0 Å². The fraction of sp³-hybridized carbons (Fsp3) is 0.500. The molecule has 3 aromatic rings. The third-order valence-corrected chi connectivity index (χ3v) is 9.58. The van der Waals surface area contributed by atoms with Crippen LogP contribution in [0, 0.1) is 11.8 Å². The Bertz CT molecular complexity index is 1180. The number of carbonyl (C=O) groups is 1. The molecule has 41 heavy (non-hydrogen) atoms. The zero-order chi connectivity index (χ0) is 28.4. The van der Waals surface area contributed by atoms with Gasteiger partial charge in [0.15, 0.2) is 0 Å². The second kappa shape index (κ2) is 14.7. The molecule has 2 fully saturated rings. The summed E-state index contributed by atoms with van der Waals surface area (Å²) in [5.74, 6) is 3.31. The molecule has 3 aromatic carbocycles. The van der Waals surface area contributed by atoms with Crippen LogP contribution < -0.4 is 4.74 Å². The van der Waals surface area contributed by atoms with E-state index in [0.717, 1.165) is 17.4 Å². The van der Waals surface area contributed by atoms with E-state index in [9.17, 15) is 4.79 Å². The van der Waals surface area contributed by atoms with E-state index in [4.69, 9.17) is 9.47 Å². The first-order chi connectivity index (χ1) is 20.1. The fourth-order valence-electron chi connectivity index (χ4n) is 6.83. The Hall–Kier alpha value is -3.07. The predicted molar refractivity (Wildman–Crippen MR) is 167 cm³/mol. The molecule has 5 rings (SSSR count). The maximum atomic E-state index is 13.3. The van der Waals surface area contributed by atoms with Crippen molar-refractivity contribution in [1.82, 2.24) is 0 Å². The van der Waals surface area contributed by atoms with E-state index in [1.54, 1.807) is 0 Å². The number of esters is 1. The van der Waals surface area contributed by atoms with Crippen molar-refractivity contribution in [2.24, 2.45) is 11.8 Å². The van der Waals surface area contributed by atoms with E-state index in [-0.39, 0.29) is 5.97 Å². The smallest absolute Gasteiger partial charge is 0.341 e. The summed E-state index contributed by atoms with van der Waals surface area (Å²) >= 11 is 0. The normalized spacial score (nSPS) is 23.5. The summed E-state index contributed by atoms with van der Waals surface area (Å²) in [6.45, 7) is 4.63. The fourth-order valence-corrected chi connectivity index (χ4v) is 6.83. The van der Waals surface area contributed by atoms with Crippen LogP contribution in [-0.4, -0.2) is 5.97 Å². The van der Waals surface area contributed by atoms with Crippen molar-refractivity contribution in [3.05, 3.63) is 101 Å². The molecule has 0 spiro atoms. The van der Waals surface area contributed by atoms with Gasteiger partial charge in [-0.15, -0.1) is 0 Å². The lowest BCUT2D eigenvalue weighted by Gasteiger charge is -2.29. The van der Waals surface area contributed by atoms with Crippen molar-refractivity contribution in [2.45, 2.75) is 109 Å². The van der Waals surface area contributed by atoms with E-state index in [1.807, 2.05) is 54.6 Å². The third kappa shape index (κ3) is 8.24. The van der Waals surface area contributed by atoms with E-state index >= 15 is 0 Å². The average molecular weight is 553 g/mol. The molecule has 1 atom stereocenters. The summed E-state index contributed by atoms with van der Waals surface area (Å²) in [6, 6.07) is 26.2. The molecule has 0 saturated heterocycles. The number of rotatable bonds is 11. The van der Waals surface area contributed by atoms with Crippen LogP contribution in [0.2, 0.25) is 0 Å². The Labute approximate surface area is 247 Å². The second-order valence-electron chi connectivity index (χ2n) is 12.6. The largest absolute Gasteiger partial charge is 0.450 e. The highest BCUT2D eigenvalue weighted by molar-refractivity contribution is 5.89. The highest BCUT2D eigenvalue weighted by atomic mass is 16.7. The molecule has 0 N–H and O–H groups in total. The molecule has 2 aliphatic rings. The quantitative estimate of drug-likeness (QED) is 0.135. The van der Waals surface area contributed by atoms with Gasteiger partial charge in [0.1, 0.15) is 5.75 Å². The number of benzene rings is 3. The summed E-state index contributed by atoms with van der Waals surface area (Å²) in [5.41, 5.74) is 4.10. The molecule has 0 amide bonds. The first kappa shape index (κ1) is 29.4. The molecule has 218 valence electrons. The van der Waals surface area contributed by atoms with Crippen molar-refractivity contribution >= 4 is 5.97 Å². The first-order valence-electron chi connectivity index (χ1n) is 16.2. The summed E-state index contributed by atoms with van der Waals surface area (Å²) in [5, 5.41) is 0. The van der Waals surface area contributed by atoms with Crippen LogP contribution >= 0.6 is 0 Å². The van der Waals surface area contributed by atoms with Gasteiger partial charge in [-0.1, -0.05) is 107 Å². The molecule has 0 radical (unpaired) electrons. The van der Waals surface area contributed by atoms with Crippen LogP contribution in [0.1, 0.15) is 136 Å². The number of ether oxygens (including phenoxy) is 2. The minimum atomic E-state index is -0.812. The molecule has 0 aromatic heterocycles. The van der Waals surface area contributed by atoms with E-state index in [0.29, 0.717) is 23.1 Å². The third-order valence-electron chi connectivity index (χ3n) is 9.58. The van der Waals surface area contributed by atoms with Gasteiger partial charge in [0, 0.05) is 5.56 Å². The average Bonchev–Trinajstić information content (AvgIpc) is 3.02. The van der Waals surface area contributed by atoms with Gasteiger partial charge in [0.05, 0.1) is 5.56 Å². The zero-order valence-electron chi connectivity index (χ0n) is 25.1. The molecule has 3 nitrogen and oxygen atoms in total. The maximum absolute atomic E-state index is 13.3. The molecule has 0 bridgehead atoms. The lowest BCUT2D eigenvalue weighted by Crippen LogP contribution is -2.17. The molecule has 1 unspecified atom stereocenters. The molecular weight excluding hydrogens is 504 g/mol. The summed E-state index contributed by atoms with van der Waals surface area (Å²) < 4.78 is 12.2. The van der Waals surface area contributed by atoms with Crippen LogP contribution in [0.15, 0.2) is 78.9 Å². The van der Waals surface area contributed by atoms with Gasteiger partial charge in [-0.3, -0.25) is 0 Å². The lowest BCUT2D eigenvalue weighted by molar-refractivity contribution is -0.0507. The maximum Gasteiger partial charge on any atom is 0.341 e. The zero-order valence-corrected chi connectivity index (χ0v) is 25.1. The lowest BCUT2D eigenvalue weighted by atomic mass is 9.77. The Morgan fingerprint density at radius 2 is 1.32 bits per heavy atom. The number of hydrogen-bond acceptors (Lipinski definition) is 3. The van der Waals surface area contributed by atoms with E-state index in [2.05, 4.69) is 38.1 Å². The first-order valence-corrected chi connectivity index (χ1v) is 16.2. The minimum absolute atomic E-state index is 0.363. The van der Waals surface area contributed by atoms with Gasteiger partial charge in [0.2, 0.25) is 0 Å². The Morgan fingerprint density at radius 3 is 1.93 bits per heavy atom. The van der Waals surface area contributed by atoms with Gasteiger partial charge >= 0.3 is 5.97 Å². The monoisotopic (exact) mass is 552 g/mol. The van der Waals surface area contributed by atoms with Crippen molar-refractivity contribution in [3.8, 4) is 5.75 Å². The molecular formula is C38H48O3. The summed E-state index contributed by atoms with van der Waals surface area (Å²) in [7, 11) is 0. The van der Waals surface area contributed by atoms with Gasteiger partial charge in [-0.25, -0.2) is 4.79 Å². The van der Waals surface area contributed by atoms with E-state index in [1.165, 1.54) is 88.2 Å². The van der Waals surface area contributed by atoms with E-state index < -0.39 is 6.29 Å². The highest BCUT2D eigenvalue weighted by Gasteiger charge is 2.24. The van der Waals surface area contributed by atoms with Gasteiger partial charge < -0.3 is 9.47 Å². The number of carbonyl (C=O) groups excluding carboxylic acids is 1. The molecule has 2 aliphatic carbocycles. The van der Waals surface area contributed by atoms with Crippen LogP contribution in [0.5, 0.6) is 5.75 Å². The van der Waals surface area contributed by atoms with Gasteiger partial charge in [-0.05, 0) is 97.6 Å². The second-order valence-corrected chi connectivity index (χ2v) is 12.6. The highest BCUT2D eigenvalue weighted by Crippen LogP contribution is 2.38. The Kier molecular flexibility index (Phi) is 10.6. The SMILES string of the molecule is CCCCCC1CCC(c2ccc(C(=O)OC(Oc3ccc(C4CCC(C)CC4)cc3)c3ccccc3)cc2)CC1. The summed E-state index contributed by atoms with van der Waals surface area (Å²) in [4.78, 5) is 13.3. The summed E-state index contributed by atoms with van der Waals surface area (Å²) in [6.07, 6.45) is 14.9. The van der Waals surface area contributed by atoms with Crippen molar-refractivity contribution in [3.63, 3.8) is 0 Å². The minimum Gasteiger partial charge on any atom is -0.450 e. The van der Waals surface area contributed by atoms with Crippen LogP contribution in [-0.2, 0) is 4.74 Å². The molecule has 0 heterocycles. The van der Waals surface area contributed by atoms with Gasteiger partial charge in [0.25, 0.3) is 6.29 Å².